The highest BCUT2D eigenvalue weighted by Crippen LogP contribution is 2.14. The van der Waals surface area contributed by atoms with Gasteiger partial charge in [-0.3, -0.25) is 0 Å². The Labute approximate surface area is 138 Å². The van der Waals surface area contributed by atoms with Gasteiger partial charge in [0, 0.05) is 18.1 Å². The number of rotatable bonds is 4. The van der Waals surface area contributed by atoms with E-state index in [9.17, 15) is 9.18 Å². The molecule has 22 heavy (non-hydrogen) atoms. The summed E-state index contributed by atoms with van der Waals surface area (Å²) in [5.41, 5.74) is 1.92. The summed E-state index contributed by atoms with van der Waals surface area (Å²) in [7, 11) is 1.74. The summed E-state index contributed by atoms with van der Waals surface area (Å²) < 4.78 is 13.9. The largest absolute Gasteiger partial charge is 0.331 e. The Kier molecular flexibility index (Phi) is 5.55. The summed E-state index contributed by atoms with van der Waals surface area (Å²) >= 11 is 3.38. The number of nitrogens with one attached hydrogen (secondary N) is 1. The molecule has 2 aromatic carbocycles. The van der Waals surface area contributed by atoms with Crippen molar-refractivity contribution in [2.75, 3.05) is 7.05 Å². The number of nitrogens with zero attached hydrogens (tertiary/aromatic N) is 1. The fourth-order valence-electron chi connectivity index (χ4n) is 2.07. The number of amides is 2. The molecule has 116 valence electrons. The molecule has 0 saturated carbocycles. The van der Waals surface area contributed by atoms with E-state index in [1.165, 1.54) is 12.1 Å². The highest BCUT2D eigenvalue weighted by Gasteiger charge is 2.13. The van der Waals surface area contributed by atoms with Crippen molar-refractivity contribution in [2.45, 2.75) is 19.5 Å². The molecule has 0 aliphatic rings. The summed E-state index contributed by atoms with van der Waals surface area (Å²) in [6, 6.07) is 13.6. The van der Waals surface area contributed by atoms with Gasteiger partial charge in [0.1, 0.15) is 5.82 Å². The van der Waals surface area contributed by atoms with Crippen LogP contribution in [0, 0.1) is 5.82 Å². The van der Waals surface area contributed by atoms with Gasteiger partial charge in [-0.25, -0.2) is 9.18 Å². The molecule has 0 aromatic heterocycles. The molecule has 0 radical (unpaired) electrons. The smallest absolute Gasteiger partial charge is 0.317 e. The predicted molar refractivity (Wildman–Crippen MR) is 89.0 cm³/mol. The number of carbonyl (C=O) groups excluding carboxylic acids is 1. The molecule has 0 aliphatic heterocycles. The van der Waals surface area contributed by atoms with Gasteiger partial charge in [0.05, 0.1) is 6.04 Å². The van der Waals surface area contributed by atoms with Gasteiger partial charge < -0.3 is 10.2 Å². The van der Waals surface area contributed by atoms with Gasteiger partial charge in [-0.1, -0.05) is 40.2 Å². The Hall–Kier alpha value is -1.88. The quantitative estimate of drug-likeness (QED) is 0.851. The van der Waals surface area contributed by atoms with E-state index in [1.807, 2.05) is 31.2 Å². The van der Waals surface area contributed by atoms with Crippen molar-refractivity contribution in [2.24, 2.45) is 0 Å². The van der Waals surface area contributed by atoms with E-state index in [0.717, 1.165) is 15.6 Å². The molecule has 5 heteroatoms. The lowest BCUT2D eigenvalue weighted by Gasteiger charge is -2.21. The van der Waals surface area contributed by atoms with Crippen LogP contribution in [0.15, 0.2) is 53.0 Å². The van der Waals surface area contributed by atoms with E-state index in [0.29, 0.717) is 6.54 Å². The molecule has 0 spiro atoms. The first-order valence-electron chi connectivity index (χ1n) is 6.97. The van der Waals surface area contributed by atoms with Gasteiger partial charge in [-0.2, -0.15) is 0 Å². The van der Waals surface area contributed by atoms with Crippen LogP contribution in [0.5, 0.6) is 0 Å². The van der Waals surface area contributed by atoms with Crippen LogP contribution in [0.25, 0.3) is 0 Å². The van der Waals surface area contributed by atoms with E-state index in [1.54, 1.807) is 24.1 Å². The third-order valence-corrected chi connectivity index (χ3v) is 3.92. The summed E-state index contributed by atoms with van der Waals surface area (Å²) in [4.78, 5) is 13.8. The molecule has 1 unspecified atom stereocenters. The normalized spacial score (nSPS) is 11.8. The number of benzene rings is 2. The minimum absolute atomic E-state index is 0.167. The monoisotopic (exact) mass is 364 g/mol. The maximum Gasteiger partial charge on any atom is 0.317 e. The summed E-state index contributed by atoms with van der Waals surface area (Å²) in [5.74, 6) is -0.283. The predicted octanol–water partition coefficient (Wildman–Crippen LogP) is 4.49. The maximum atomic E-state index is 12.9. The topological polar surface area (TPSA) is 32.3 Å². The first kappa shape index (κ1) is 16.5. The molecular formula is C17H18BrFN2O. The second-order valence-corrected chi connectivity index (χ2v) is 6.12. The molecule has 0 saturated heterocycles. The standard InChI is InChI=1S/C17H18BrFN2O/c1-12(14-5-9-16(19)10-6-14)20-17(22)21(2)11-13-3-7-15(18)8-4-13/h3-10,12H,11H2,1-2H3,(H,20,22). The molecule has 1 N–H and O–H groups in total. The third-order valence-electron chi connectivity index (χ3n) is 3.39. The molecular weight excluding hydrogens is 347 g/mol. The number of urea groups is 1. The molecule has 0 aliphatic carbocycles. The van der Waals surface area contributed by atoms with Gasteiger partial charge >= 0.3 is 6.03 Å². The van der Waals surface area contributed by atoms with Crippen molar-refractivity contribution in [3.8, 4) is 0 Å². The van der Waals surface area contributed by atoms with E-state index in [-0.39, 0.29) is 17.9 Å². The van der Waals surface area contributed by atoms with Gasteiger partial charge in [0.15, 0.2) is 0 Å². The van der Waals surface area contributed by atoms with Crippen LogP contribution in [-0.2, 0) is 6.54 Å². The van der Waals surface area contributed by atoms with Crippen molar-refractivity contribution in [3.63, 3.8) is 0 Å². The third kappa shape index (κ3) is 4.56. The number of carbonyl (C=O) groups is 1. The zero-order valence-corrected chi connectivity index (χ0v) is 14.1. The van der Waals surface area contributed by atoms with E-state index < -0.39 is 0 Å². The average molecular weight is 365 g/mol. The second-order valence-electron chi connectivity index (χ2n) is 5.21. The maximum absolute atomic E-state index is 12.9. The van der Waals surface area contributed by atoms with Crippen LogP contribution in [0.3, 0.4) is 0 Å². The summed E-state index contributed by atoms with van der Waals surface area (Å²) in [6.07, 6.45) is 0. The number of hydrogen-bond donors (Lipinski definition) is 1. The highest BCUT2D eigenvalue weighted by atomic mass is 79.9. The fourth-order valence-corrected chi connectivity index (χ4v) is 2.33. The van der Waals surface area contributed by atoms with Crippen LogP contribution in [-0.4, -0.2) is 18.0 Å². The molecule has 1 atom stereocenters. The molecule has 0 bridgehead atoms. The number of halogens is 2. The van der Waals surface area contributed by atoms with Crippen LogP contribution in [0.1, 0.15) is 24.1 Å². The molecule has 0 fully saturated rings. The van der Waals surface area contributed by atoms with Crippen molar-refractivity contribution in [1.29, 1.82) is 0 Å². The van der Waals surface area contributed by atoms with Crippen LogP contribution >= 0.6 is 15.9 Å². The first-order chi connectivity index (χ1) is 10.5. The number of hydrogen-bond acceptors (Lipinski definition) is 1. The Morgan fingerprint density at radius 1 is 1.18 bits per heavy atom. The van der Waals surface area contributed by atoms with Gasteiger partial charge in [-0.15, -0.1) is 0 Å². The lowest BCUT2D eigenvalue weighted by Crippen LogP contribution is -2.38. The molecule has 0 heterocycles. The zero-order chi connectivity index (χ0) is 16.1. The SMILES string of the molecule is CC(NC(=O)N(C)Cc1ccc(Br)cc1)c1ccc(F)cc1. The van der Waals surface area contributed by atoms with Gasteiger partial charge in [0.25, 0.3) is 0 Å². The minimum atomic E-state index is -0.283. The molecule has 2 aromatic rings. The Bertz CT molecular complexity index is 628. The minimum Gasteiger partial charge on any atom is -0.331 e. The molecule has 2 rings (SSSR count). The van der Waals surface area contributed by atoms with E-state index >= 15 is 0 Å². The zero-order valence-electron chi connectivity index (χ0n) is 12.5. The lowest BCUT2D eigenvalue weighted by molar-refractivity contribution is 0.203. The second kappa shape index (κ2) is 7.40. The van der Waals surface area contributed by atoms with Crippen LogP contribution < -0.4 is 5.32 Å². The van der Waals surface area contributed by atoms with Crippen molar-refractivity contribution in [1.82, 2.24) is 10.2 Å². The lowest BCUT2D eigenvalue weighted by atomic mass is 10.1. The van der Waals surface area contributed by atoms with E-state index in [4.69, 9.17) is 0 Å². The summed E-state index contributed by atoms with van der Waals surface area (Å²) in [6.45, 7) is 2.40. The Morgan fingerprint density at radius 3 is 2.36 bits per heavy atom. The van der Waals surface area contributed by atoms with Crippen molar-refractivity contribution >= 4 is 22.0 Å². The van der Waals surface area contributed by atoms with Crippen molar-refractivity contribution < 1.29 is 9.18 Å². The van der Waals surface area contributed by atoms with Crippen LogP contribution in [0.2, 0.25) is 0 Å². The Balaban J connectivity index is 1.93. The summed E-state index contributed by atoms with van der Waals surface area (Å²) in [5, 5.41) is 2.90. The highest BCUT2D eigenvalue weighted by molar-refractivity contribution is 9.10. The fraction of sp³-hybridized carbons (Fsp3) is 0.235. The molecule has 2 amide bonds. The Morgan fingerprint density at radius 2 is 1.77 bits per heavy atom. The average Bonchev–Trinajstić information content (AvgIpc) is 2.50. The first-order valence-corrected chi connectivity index (χ1v) is 7.76. The van der Waals surface area contributed by atoms with E-state index in [2.05, 4.69) is 21.2 Å². The van der Waals surface area contributed by atoms with Gasteiger partial charge in [0.2, 0.25) is 0 Å². The van der Waals surface area contributed by atoms with Crippen molar-refractivity contribution in [3.05, 3.63) is 69.9 Å². The van der Waals surface area contributed by atoms with Crippen LogP contribution in [0.4, 0.5) is 9.18 Å². The van der Waals surface area contributed by atoms with Gasteiger partial charge in [-0.05, 0) is 42.3 Å². The molecule has 3 nitrogen and oxygen atoms in total.